The van der Waals surface area contributed by atoms with Crippen molar-refractivity contribution >= 4 is 37.4 Å². The third kappa shape index (κ3) is 3.28. The molecule has 1 amide bonds. The number of pyridine rings is 1. The summed E-state index contributed by atoms with van der Waals surface area (Å²) >= 11 is 3.20. The van der Waals surface area contributed by atoms with Gasteiger partial charge in [-0.05, 0) is 28.9 Å². The summed E-state index contributed by atoms with van der Waals surface area (Å²) in [5.74, 6) is -0.561. The van der Waals surface area contributed by atoms with Gasteiger partial charge in [0.2, 0.25) is 5.91 Å². The van der Waals surface area contributed by atoms with Crippen LogP contribution in [-0.4, -0.2) is 30.8 Å². The Morgan fingerprint density at radius 1 is 1.56 bits per heavy atom. The lowest BCUT2D eigenvalue weighted by atomic mass is 10.3. The lowest BCUT2D eigenvalue weighted by molar-refractivity contribution is -0.115. The van der Waals surface area contributed by atoms with Crippen molar-refractivity contribution in [2.45, 2.75) is 12.2 Å². The highest BCUT2D eigenvalue weighted by Crippen LogP contribution is 2.20. The average molecular weight is 307 g/mol. The standard InChI is InChI=1S/C9H11BrN2O3S/c1-6(16(2,14)15)9(13)12-8-3-4-11-5-7(8)10/h3-6H,1-2H3,(H,11,12,13). The minimum absolute atomic E-state index is 0.496. The maximum absolute atomic E-state index is 11.6. The lowest BCUT2D eigenvalue weighted by Gasteiger charge is -2.11. The van der Waals surface area contributed by atoms with Gasteiger partial charge in [-0.2, -0.15) is 0 Å². The molecule has 0 aromatic carbocycles. The number of nitrogens with one attached hydrogen (secondary N) is 1. The van der Waals surface area contributed by atoms with Crippen molar-refractivity contribution in [3.63, 3.8) is 0 Å². The topological polar surface area (TPSA) is 76.1 Å². The summed E-state index contributed by atoms with van der Waals surface area (Å²) in [5.41, 5.74) is 0.496. The van der Waals surface area contributed by atoms with Crippen LogP contribution >= 0.6 is 15.9 Å². The minimum Gasteiger partial charge on any atom is -0.324 e. The second-order valence-electron chi connectivity index (χ2n) is 3.32. The van der Waals surface area contributed by atoms with Crippen molar-refractivity contribution in [1.82, 2.24) is 4.98 Å². The van der Waals surface area contributed by atoms with Crippen LogP contribution in [0.15, 0.2) is 22.9 Å². The number of anilines is 1. The number of sulfone groups is 1. The summed E-state index contributed by atoms with van der Waals surface area (Å²) in [5, 5.41) is 1.44. The van der Waals surface area contributed by atoms with E-state index in [1.165, 1.54) is 19.3 Å². The van der Waals surface area contributed by atoms with Crippen molar-refractivity contribution < 1.29 is 13.2 Å². The molecule has 0 saturated carbocycles. The Kier molecular flexibility index (Phi) is 4.03. The molecule has 7 heteroatoms. The lowest BCUT2D eigenvalue weighted by Crippen LogP contribution is -2.31. The maximum Gasteiger partial charge on any atom is 0.242 e. The van der Waals surface area contributed by atoms with Gasteiger partial charge in [0.25, 0.3) is 0 Å². The summed E-state index contributed by atoms with van der Waals surface area (Å²) in [6, 6.07) is 1.58. The normalized spacial score (nSPS) is 13.2. The van der Waals surface area contributed by atoms with E-state index in [-0.39, 0.29) is 0 Å². The molecule has 16 heavy (non-hydrogen) atoms. The number of halogens is 1. The monoisotopic (exact) mass is 306 g/mol. The number of nitrogens with zero attached hydrogens (tertiary/aromatic N) is 1. The van der Waals surface area contributed by atoms with Crippen molar-refractivity contribution in [1.29, 1.82) is 0 Å². The molecule has 0 aliphatic carbocycles. The number of amides is 1. The fourth-order valence-electron chi connectivity index (χ4n) is 0.905. The van der Waals surface area contributed by atoms with Crippen LogP contribution in [0.4, 0.5) is 5.69 Å². The van der Waals surface area contributed by atoms with Crippen LogP contribution in [0.5, 0.6) is 0 Å². The molecule has 0 saturated heterocycles. The van der Waals surface area contributed by atoms with E-state index in [4.69, 9.17) is 0 Å². The van der Waals surface area contributed by atoms with E-state index in [0.29, 0.717) is 10.2 Å². The second-order valence-corrected chi connectivity index (χ2v) is 6.54. The molecule has 0 aliphatic rings. The molecule has 1 aromatic heterocycles. The molecule has 1 unspecified atom stereocenters. The molecule has 1 aromatic rings. The first-order valence-electron chi connectivity index (χ1n) is 4.41. The quantitative estimate of drug-likeness (QED) is 0.911. The number of hydrogen-bond acceptors (Lipinski definition) is 4. The third-order valence-corrected chi connectivity index (χ3v) is 4.17. The molecule has 88 valence electrons. The van der Waals surface area contributed by atoms with Crippen LogP contribution in [0.25, 0.3) is 0 Å². The van der Waals surface area contributed by atoms with Gasteiger partial charge in [-0.1, -0.05) is 0 Å². The smallest absolute Gasteiger partial charge is 0.242 e. The Bertz CT molecular complexity index is 501. The highest BCUT2D eigenvalue weighted by Gasteiger charge is 2.23. The Hall–Kier alpha value is -0.950. The van der Waals surface area contributed by atoms with Gasteiger partial charge in [-0.15, -0.1) is 0 Å². The molecule has 1 N–H and O–H groups in total. The first-order chi connectivity index (χ1) is 7.32. The SMILES string of the molecule is CC(C(=O)Nc1ccncc1Br)S(C)(=O)=O. The van der Waals surface area contributed by atoms with Gasteiger partial charge in [0.15, 0.2) is 9.84 Å². The minimum atomic E-state index is -3.38. The largest absolute Gasteiger partial charge is 0.324 e. The predicted molar refractivity (Wildman–Crippen MR) is 64.9 cm³/mol. The predicted octanol–water partition coefficient (Wildman–Crippen LogP) is 1.22. The molecule has 0 spiro atoms. The van der Waals surface area contributed by atoms with Gasteiger partial charge in [-0.25, -0.2) is 8.42 Å². The van der Waals surface area contributed by atoms with Crippen LogP contribution in [0, 0.1) is 0 Å². The van der Waals surface area contributed by atoms with E-state index in [2.05, 4.69) is 26.2 Å². The number of rotatable bonds is 3. The third-order valence-electron chi connectivity index (χ3n) is 2.04. The highest BCUT2D eigenvalue weighted by molar-refractivity contribution is 9.10. The zero-order valence-electron chi connectivity index (χ0n) is 8.77. The Balaban J connectivity index is 2.84. The van der Waals surface area contributed by atoms with Gasteiger partial charge >= 0.3 is 0 Å². The van der Waals surface area contributed by atoms with Gasteiger partial charge in [0.05, 0.1) is 10.2 Å². The number of carbonyl (C=O) groups is 1. The van der Waals surface area contributed by atoms with Crippen molar-refractivity contribution in [2.75, 3.05) is 11.6 Å². The first kappa shape index (κ1) is 13.1. The number of carbonyl (C=O) groups excluding carboxylic acids is 1. The van der Waals surface area contributed by atoms with Crippen LogP contribution in [0.1, 0.15) is 6.92 Å². The Morgan fingerprint density at radius 2 is 2.19 bits per heavy atom. The van der Waals surface area contributed by atoms with E-state index in [1.54, 1.807) is 6.07 Å². The van der Waals surface area contributed by atoms with Crippen molar-refractivity contribution in [2.24, 2.45) is 0 Å². The van der Waals surface area contributed by atoms with E-state index >= 15 is 0 Å². The van der Waals surface area contributed by atoms with Crippen molar-refractivity contribution in [3.8, 4) is 0 Å². The summed E-state index contributed by atoms with van der Waals surface area (Å²) in [4.78, 5) is 15.4. The van der Waals surface area contributed by atoms with Crippen LogP contribution in [0.2, 0.25) is 0 Å². The van der Waals surface area contributed by atoms with Crippen LogP contribution in [0.3, 0.4) is 0 Å². The molecule has 5 nitrogen and oxygen atoms in total. The first-order valence-corrected chi connectivity index (χ1v) is 7.16. The molecule has 0 radical (unpaired) electrons. The molecule has 1 rings (SSSR count). The summed E-state index contributed by atoms with van der Waals surface area (Å²) in [7, 11) is -3.38. The second kappa shape index (κ2) is 4.92. The van der Waals surface area contributed by atoms with Gasteiger partial charge in [0.1, 0.15) is 5.25 Å². The number of aromatic nitrogens is 1. The Labute approximate surface area is 102 Å². The van der Waals surface area contributed by atoms with E-state index < -0.39 is 21.0 Å². The van der Waals surface area contributed by atoms with Gasteiger partial charge in [-0.3, -0.25) is 9.78 Å². The maximum atomic E-state index is 11.6. The zero-order valence-corrected chi connectivity index (χ0v) is 11.2. The van der Waals surface area contributed by atoms with E-state index in [0.717, 1.165) is 6.26 Å². The average Bonchev–Trinajstić information content (AvgIpc) is 2.19. The summed E-state index contributed by atoms with van der Waals surface area (Å²) in [6.07, 6.45) is 4.05. The molecule has 1 atom stereocenters. The molecule has 0 bridgehead atoms. The Morgan fingerprint density at radius 3 is 2.69 bits per heavy atom. The molecular weight excluding hydrogens is 296 g/mol. The molecular formula is C9H11BrN2O3S. The fraction of sp³-hybridized carbons (Fsp3) is 0.333. The van der Waals surface area contributed by atoms with Crippen molar-refractivity contribution in [3.05, 3.63) is 22.9 Å². The van der Waals surface area contributed by atoms with Gasteiger partial charge < -0.3 is 5.32 Å². The van der Waals surface area contributed by atoms with Crippen LogP contribution in [-0.2, 0) is 14.6 Å². The van der Waals surface area contributed by atoms with E-state index in [9.17, 15) is 13.2 Å². The van der Waals surface area contributed by atoms with Crippen LogP contribution < -0.4 is 5.32 Å². The molecule has 0 fully saturated rings. The summed E-state index contributed by atoms with van der Waals surface area (Å²) in [6.45, 7) is 1.35. The van der Waals surface area contributed by atoms with Gasteiger partial charge in [0, 0.05) is 18.6 Å². The molecule has 0 aliphatic heterocycles. The number of hydrogen-bond donors (Lipinski definition) is 1. The van der Waals surface area contributed by atoms with E-state index in [1.807, 2.05) is 0 Å². The highest BCUT2D eigenvalue weighted by atomic mass is 79.9. The zero-order chi connectivity index (χ0) is 12.3. The fourth-order valence-corrected chi connectivity index (χ4v) is 1.70. The molecule has 1 heterocycles. The summed E-state index contributed by atoms with van der Waals surface area (Å²) < 4.78 is 22.9.